The first kappa shape index (κ1) is 8.88. The maximum atomic E-state index is 5.10. The standard InChI is InChI=1S/C12H13NO/c1-9-3-8-12(13-9)10-4-6-11(14-2)7-5-10/h3-8,13H,1-2H3. The second kappa shape index (κ2) is 3.58. The molecule has 0 atom stereocenters. The van der Waals surface area contributed by atoms with E-state index in [4.69, 9.17) is 4.74 Å². The summed E-state index contributed by atoms with van der Waals surface area (Å²) in [5.74, 6) is 0.886. The Hall–Kier alpha value is -1.70. The number of hydrogen-bond donors (Lipinski definition) is 1. The summed E-state index contributed by atoms with van der Waals surface area (Å²) in [7, 11) is 1.67. The summed E-state index contributed by atoms with van der Waals surface area (Å²) < 4.78 is 5.10. The van der Waals surface area contributed by atoms with Gasteiger partial charge in [-0.1, -0.05) is 0 Å². The molecule has 1 heterocycles. The number of nitrogens with one attached hydrogen (secondary N) is 1. The van der Waals surface area contributed by atoms with Crippen molar-refractivity contribution >= 4 is 0 Å². The van der Waals surface area contributed by atoms with Crippen LogP contribution in [0, 0.1) is 6.92 Å². The first-order chi connectivity index (χ1) is 6.79. The van der Waals surface area contributed by atoms with Crippen molar-refractivity contribution < 1.29 is 4.74 Å². The molecule has 2 nitrogen and oxygen atoms in total. The molecule has 2 heteroatoms. The minimum Gasteiger partial charge on any atom is -0.497 e. The molecule has 14 heavy (non-hydrogen) atoms. The van der Waals surface area contributed by atoms with Gasteiger partial charge in [0.05, 0.1) is 7.11 Å². The zero-order valence-corrected chi connectivity index (χ0v) is 8.37. The minimum absolute atomic E-state index is 0.886. The zero-order valence-electron chi connectivity index (χ0n) is 8.37. The average molecular weight is 187 g/mol. The molecule has 0 spiro atoms. The molecule has 0 radical (unpaired) electrons. The highest BCUT2D eigenvalue weighted by Gasteiger charge is 1.99. The molecule has 0 amide bonds. The third kappa shape index (κ3) is 1.64. The summed E-state index contributed by atoms with van der Waals surface area (Å²) in [6.07, 6.45) is 0. The number of aromatic amines is 1. The molecule has 2 aromatic rings. The highest BCUT2D eigenvalue weighted by atomic mass is 16.5. The van der Waals surface area contributed by atoms with Gasteiger partial charge in [0.2, 0.25) is 0 Å². The van der Waals surface area contributed by atoms with E-state index in [1.165, 1.54) is 11.3 Å². The van der Waals surface area contributed by atoms with E-state index in [-0.39, 0.29) is 0 Å². The molecule has 0 fully saturated rings. The number of H-pyrrole nitrogens is 1. The molecule has 1 aromatic carbocycles. The third-order valence-electron chi connectivity index (χ3n) is 2.23. The largest absolute Gasteiger partial charge is 0.497 e. The number of ether oxygens (including phenoxy) is 1. The third-order valence-corrected chi connectivity index (χ3v) is 2.23. The van der Waals surface area contributed by atoms with Gasteiger partial charge in [-0.05, 0) is 48.9 Å². The Kier molecular flexibility index (Phi) is 2.27. The van der Waals surface area contributed by atoms with Gasteiger partial charge in [0.15, 0.2) is 0 Å². The Morgan fingerprint density at radius 1 is 1.00 bits per heavy atom. The van der Waals surface area contributed by atoms with Gasteiger partial charge in [-0.25, -0.2) is 0 Å². The molecular formula is C12H13NO. The quantitative estimate of drug-likeness (QED) is 0.768. The molecule has 0 aliphatic rings. The fourth-order valence-electron chi connectivity index (χ4n) is 1.44. The van der Waals surface area contributed by atoms with Gasteiger partial charge in [-0.2, -0.15) is 0 Å². The van der Waals surface area contributed by atoms with Crippen molar-refractivity contribution in [1.29, 1.82) is 0 Å². The highest BCUT2D eigenvalue weighted by Crippen LogP contribution is 2.21. The van der Waals surface area contributed by atoms with Crippen LogP contribution in [-0.2, 0) is 0 Å². The Morgan fingerprint density at radius 3 is 2.21 bits per heavy atom. The van der Waals surface area contributed by atoms with Crippen molar-refractivity contribution in [2.24, 2.45) is 0 Å². The molecule has 1 aromatic heterocycles. The van der Waals surface area contributed by atoms with E-state index < -0.39 is 0 Å². The van der Waals surface area contributed by atoms with Gasteiger partial charge in [0, 0.05) is 11.4 Å². The maximum Gasteiger partial charge on any atom is 0.118 e. The lowest BCUT2D eigenvalue weighted by Crippen LogP contribution is -1.82. The van der Waals surface area contributed by atoms with E-state index in [0.29, 0.717) is 0 Å². The summed E-state index contributed by atoms with van der Waals surface area (Å²) >= 11 is 0. The van der Waals surface area contributed by atoms with Crippen LogP contribution in [0.2, 0.25) is 0 Å². The number of aromatic nitrogens is 1. The Morgan fingerprint density at radius 2 is 1.71 bits per heavy atom. The van der Waals surface area contributed by atoms with Gasteiger partial charge >= 0.3 is 0 Å². The van der Waals surface area contributed by atoms with Crippen LogP contribution in [-0.4, -0.2) is 12.1 Å². The van der Waals surface area contributed by atoms with E-state index in [0.717, 1.165) is 11.4 Å². The van der Waals surface area contributed by atoms with Crippen molar-refractivity contribution in [3.63, 3.8) is 0 Å². The van der Waals surface area contributed by atoms with Crippen LogP contribution in [0.4, 0.5) is 0 Å². The molecule has 0 saturated heterocycles. The van der Waals surface area contributed by atoms with Gasteiger partial charge in [-0.3, -0.25) is 0 Å². The zero-order chi connectivity index (χ0) is 9.97. The predicted molar refractivity (Wildman–Crippen MR) is 57.5 cm³/mol. The van der Waals surface area contributed by atoms with Crippen LogP contribution in [0.3, 0.4) is 0 Å². The SMILES string of the molecule is COc1ccc(-c2ccc(C)[nH]2)cc1. The number of methoxy groups -OCH3 is 1. The molecule has 2 rings (SSSR count). The summed E-state index contributed by atoms with van der Waals surface area (Å²) in [6.45, 7) is 2.05. The minimum atomic E-state index is 0.886. The Balaban J connectivity index is 2.33. The maximum absolute atomic E-state index is 5.10. The summed E-state index contributed by atoms with van der Waals surface area (Å²) in [6, 6.07) is 12.2. The second-order valence-electron chi connectivity index (χ2n) is 3.28. The molecule has 0 bridgehead atoms. The van der Waals surface area contributed by atoms with Crippen LogP contribution in [0.15, 0.2) is 36.4 Å². The predicted octanol–water partition coefficient (Wildman–Crippen LogP) is 3.00. The monoisotopic (exact) mass is 187 g/mol. The lowest BCUT2D eigenvalue weighted by atomic mass is 10.1. The molecule has 0 saturated carbocycles. The van der Waals surface area contributed by atoms with Crippen molar-refractivity contribution in [1.82, 2.24) is 4.98 Å². The lowest BCUT2D eigenvalue weighted by Gasteiger charge is -2.01. The molecule has 72 valence electrons. The summed E-state index contributed by atoms with van der Waals surface area (Å²) in [5.41, 5.74) is 3.50. The molecule has 0 aliphatic heterocycles. The highest BCUT2D eigenvalue weighted by molar-refractivity contribution is 5.60. The smallest absolute Gasteiger partial charge is 0.118 e. The molecular weight excluding hydrogens is 174 g/mol. The average Bonchev–Trinajstić information content (AvgIpc) is 2.65. The topological polar surface area (TPSA) is 25.0 Å². The number of aryl methyl sites for hydroxylation is 1. The number of rotatable bonds is 2. The van der Waals surface area contributed by atoms with Crippen LogP contribution < -0.4 is 4.74 Å². The van der Waals surface area contributed by atoms with Gasteiger partial charge in [0.25, 0.3) is 0 Å². The first-order valence-corrected chi connectivity index (χ1v) is 4.59. The molecule has 0 unspecified atom stereocenters. The fourth-order valence-corrected chi connectivity index (χ4v) is 1.44. The Bertz CT molecular complexity index is 414. The van der Waals surface area contributed by atoms with Crippen LogP contribution in [0.5, 0.6) is 5.75 Å². The van der Waals surface area contributed by atoms with E-state index in [2.05, 4.69) is 17.1 Å². The molecule has 1 N–H and O–H groups in total. The van der Waals surface area contributed by atoms with E-state index in [1.54, 1.807) is 7.11 Å². The van der Waals surface area contributed by atoms with Crippen LogP contribution in [0.25, 0.3) is 11.3 Å². The summed E-state index contributed by atoms with van der Waals surface area (Å²) in [5, 5.41) is 0. The lowest BCUT2D eigenvalue weighted by molar-refractivity contribution is 0.415. The number of hydrogen-bond acceptors (Lipinski definition) is 1. The van der Waals surface area contributed by atoms with E-state index in [1.807, 2.05) is 31.2 Å². The second-order valence-corrected chi connectivity index (χ2v) is 3.28. The first-order valence-electron chi connectivity index (χ1n) is 4.59. The van der Waals surface area contributed by atoms with Gasteiger partial charge < -0.3 is 9.72 Å². The van der Waals surface area contributed by atoms with Gasteiger partial charge in [0.1, 0.15) is 5.75 Å². The van der Waals surface area contributed by atoms with Crippen molar-refractivity contribution in [3.8, 4) is 17.0 Å². The summed E-state index contributed by atoms with van der Waals surface area (Å²) in [4.78, 5) is 3.29. The van der Waals surface area contributed by atoms with Crippen LogP contribution in [0.1, 0.15) is 5.69 Å². The van der Waals surface area contributed by atoms with Crippen molar-refractivity contribution in [3.05, 3.63) is 42.1 Å². The van der Waals surface area contributed by atoms with Crippen molar-refractivity contribution in [2.45, 2.75) is 6.92 Å². The number of benzene rings is 1. The van der Waals surface area contributed by atoms with Crippen molar-refractivity contribution in [2.75, 3.05) is 7.11 Å². The van der Waals surface area contributed by atoms with Gasteiger partial charge in [-0.15, -0.1) is 0 Å². The normalized spacial score (nSPS) is 10.1. The molecule has 0 aliphatic carbocycles. The van der Waals surface area contributed by atoms with E-state index in [9.17, 15) is 0 Å². The van der Waals surface area contributed by atoms with E-state index >= 15 is 0 Å². The van der Waals surface area contributed by atoms with Crippen LogP contribution >= 0.6 is 0 Å². The Labute approximate surface area is 83.5 Å². The fraction of sp³-hybridized carbons (Fsp3) is 0.167.